The van der Waals surface area contributed by atoms with Crippen molar-refractivity contribution < 1.29 is 19.1 Å². The minimum absolute atomic E-state index is 0.176. The van der Waals surface area contributed by atoms with Crippen LogP contribution in [0.4, 0.5) is 5.69 Å². The molecule has 0 aliphatic carbocycles. The van der Waals surface area contributed by atoms with Gasteiger partial charge in [0.1, 0.15) is 5.75 Å². The largest absolute Gasteiger partial charge is 0.423 e. The minimum atomic E-state index is -0.544. The average molecular weight is 404 g/mol. The Labute approximate surface area is 173 Å². The topological polar surface area (TPSA) is 102 Å². The number of nitrogens with zero attached hydrogens (tertiary/aromatic N) is 2. The summed E-state index contributed by atoms with van der Waals surface area (Å²) in [5, 5.41) is 9.24. The number of ether oxygens (including phenoxy) is 1. The second-order valence-electron chi connectivity index (χ2n) is 6.34. The van der Waals surface area contributed by atoms with Crippen molar-refractivity contribution in [3.05, 3.63) is 83.7 Å². The summed E-state index contributed by atoms with van der Waals surface area (Å²) in [6.45, 7) is 0. The van der Waals surface area contributed by atoms with Gasteiger partial charge >= 0.3 is 5.97 Å². The SMILES string of the molecule is CNC(=O)c1ccc(/C=C/C(=O)Oc2ccc(NC(=O)c3cnn(C)c3)cc2)cc1. The molecule has 0 saturated heterocycles. The minimum Gasteiger partial charge on any atom is -0.423 e. The van der Waals surface area contributed by atoms with Crippen molar-refractivity contribution >= 4 is 29.5 Å². The van der Waals surface area contributed by atoms with E-state index in [0.29, 0.717) is 22.6 Å². The number of anilines is 1. The molecule has 0 bridgehead atoms. The number of hydrogen-bond donors (Lipinski definition) is 2. The summed E-state index contributed by atoms with van der Waals surface area (Å²) in [5.41, 5.74) is 2.30. The highest BCUT2D eigenvalue weighted by Crippen LogP contribution is 2.17. The van der Waals surface area contributed by atoms with Crippen LogP contribution in [0.25, 0.3) is 6.08 Å². The number of amides is 2. The Kier molecular flexibility index (Phi) is 6.39. The molecule has 2 aromatic carbocycles. The van der Waals surface area contributed by atoms with E-state index in [-0.39, 0.29) is 11.8 Å². The summed E-state index contributed by atoms with van der Waals surface area (Å²) in [4.78, 5) is 35.6. The Morgan fingerprint density at radius 1 is 0.967 bits per heavy atom. The number of nitrogens with one attached hydrogen (secondary N) is 2. The van der Waals surface area contributed by atoms with Gasteiger partial charge in [0.05, 0.1) is 11.8 Å². The van der Waals surface area contributed by atoms with Crippen LogP contribution in [-0.2, 0) is 11.8 Å². The van der Waals surface area contributed by atoms with E-state index in [9.17, 15) is 14.4 Å². The fraction of sp³-hybridized carbons (Fsp3) is 0.0909. The Morgan fingerprint density at radius 2 is 1.67 bits per heavy atom. The number of benzene rings is 2. The van der Waals surface area contributed by atoms with Crippen LogP contribution >= 0.6 is 0 Å². The molecule has 0 saturated carbocycles. The van der Waals surface area contributed by atoms with Gasteiger partial charge in [-0.25, -0.2) is 4.79 Å². The van der Waals surface area contributed by atoms with Crippen molar-refractivity contribution in [1.82, 2.24) is 15.1 Å². The molecular formula is C22H20N4O4. The summed E-state index contributed by atoms with van der Waals surface area (Å²) in [6.07, 6.45) is 5.99. The molecule has 3 aromatic rings. The number of rotatable bonds is 6. The molecular weight excluding hydrogens is 384 g/mol. The number of aromatic nitrogens is 2. The van der Waals surface area contributed by atoms with Gasteiger partial charge in [0.15, 0.2) is 0 Å². The summed E-state index contributed by atoms with van der Waals surface area (Å²) in [6, 6.07) is 13.2. The molecule has 0 atom stereocenters. The number of aryl methyl sites for hydroxylation is 1. The highest BCUT2D eigenvalue weighted by atomic mass is 16.5. The van der Waals surface area contributed by atoms with Gasteiger partial charge in [-0.1, -0.05) is 12.1 Å². The molecule has 0 unspecified atom stereocenters. The van der Waals surface area contributed by atoms with E-state index in [0.717, 1.165) is 5.56 Å². The van der Waals surface area contributed by atoms with Gasteiger partial charge in [0.2, 0.25) is 0 Å². The maximum atomic E-state index is 12.1. The third-order valence-electron chi connectivity index (χ3n) is 4.11. The van der Waals surface area contributed by atoms with E-state index in [1.165, 1.54) is 12.3 Å². The first-order valence-corrected chi connectivity index (χ1v) is 9.07. The first kappa shape index (κ1) is 20.5. The van der Waals surface area contributed by atoms with Gasteiger partial charge in [-0.15, -0.1) is 0 Å². The molecule has 1 aromatic heterocycles. The molecule has 0 aliphatic heterocycles. The Bertz CT molecular complexity index is 1080. The molecule has 3 rings (SSSR count). The van der Waals surface area contributed by atoms with E-state index >= 15 is 0 Å². The standard InChI is InChI=1S/C22H20N4O4/c1-23-21(28)16-6-3-15(4-7-16)5-12-20(27)30-19-10-8-18(9-11-19)25-22(29)17-13-24-26(2)14-17/h3-14H,1-2H3,(H,23,28)(H,25,29)/b12-5+. The van der Waals surface area contributed by atoms with Crippen molar-refractivity contribution in [3.63, 3.8) is 0 Å². The van der Waals surface area contributed by atoms with Gasteiger partial charge in [-0.2, -0.15) is 5.10 Å². The van der Waals surface area contributed by atoms with Crippen LogP contribution in [0.5, 0.6) is 5.75 Å². The summed E-state index contributed by atoms with van der Waals surface area (Å²) >= 11 is 0. The van der Waals surface area contributed by atoms with E-state index in [4.69, 9.17) is 4.74 Å². The summed E-state index contributed by atoms with van der Waals surface area (Å²) < 4.78 is 6.79. The van der Waals surface area contributed by atoms with Crippen molar-refractivity contribution in [2.75, 3.05) is 12.4 Å². The van der Waals surface area contributed by atoms with Crippen molar-refractivity contribution in [3.8, 4) is 5.75 Å². The zero-order chi connectivity index (χ0) is 21.5. The molecule has 1 heterocycles. The third kappa shape index (κ3) is 5.41. The van der Waals surface area contributed by atoms with Gasteiger partial charge < -0.3 is 15.4 Å². The number of hydrogen-bond acceptors (Lipinski definition) is 5. The third-order valence-corrected chi connectivity index (χ3v) is 4.11. The Balaban J connectivity index is 1.54. The van der Waals surface area contributed by atoms with E-state index < -0.39 is 5.97 Å². The number of carbonyl (C=O) groups excluding carboxylic acids is 3. The molecule has 2 amide bonds. The molecule has 30 heavy (non-hydrogen) atoms. The zero-order valence-corrected chi connectivity index (χ0v) is 16.5. The predicted molar refractivity (Wildman–Crippen MR) is 112 cm³/mol. The number of carbonyl (C=O) groups is 3. The lowest BCUT2D eigenvalue weighted by molar-refractivity contribution is -0.128. The zero-order valence-electron chi connectivity index (χ0n) is 16.5. The lowest BCUT2D eigenvalue weighted by Gasteiger charge is -2.05. The van der Waals surface area contributed by atoms with Crippen LogP contribution in [0.3, 0.4) is 0 Å². The second-order valence-corrected chi connectivity index (χ2v) is 6.34. The molecule has 0 fully saturated rings. The first-order chi connectivity index (χ1) is 14.4. The second kappa shape index (κ2) is 9.33. The van der Waals surface area contributed by atoms with Crippen LogP contribution in [0, 0.1) is 0 Å². The molecule has 152 valence electrons. The highest BCUT2D eigenvalue weighted by Gasteiger charge is 2.08. The molecule has 8 heteroatoms. The van der Waals surface area contributed by atoms with Crippen molar-refractivity contribution in [2.45, 2.75) is 0 Å². The fourth-order valence-corrected chi connectivity index (χ4v) is 2.55. The first-order valence-electron chi connectivity index (χ1n) is 9.07. The van der Waals surface area contributed by atoms with Gasteiger partial charge in [-0.05, 0) is 48.0 Å². The molecule has 0 spiro atoms. The van der Waals surface area contributed by atoms with E-state index in [2.05, 4.69) is 15.7 Å². The van der Waals surface area contributed by atoms with Crippen LogP contribution in [0.2, 0.25) is 0 Å². The fourth-order valence-electron chi connectivity index (χ4n) is 2.55. The maximum Gasteiger partial charge on any atom is 0.336 e. The maximum absolute atomic E-state index is 12.1. The Hall–Kier alpha value is -4.20. The monoisotopic (exact) mass is 404 g/mol. The predicted octanol–water partition coefficient (Wildman–Crippen LogP) is 2.65. The smallest absolute Gasteiger partial charge is 0.336 e. The van der Waals surface area contributed by atoms with Crippen molar-refractivity contribution in [2.24, 2.45) is 7.05 Å². The Morgan fingerprint density at radius 3 is 2.27 bits per heavy atom. The highest BCUT2D eigenvalue weighted by molar-refractivity contribution is 6.04. The van der Waals surface area contributed by atoms with Gasteiger partial charge in [0.25, 0.3) is 11.8 Å². The van der Waals surface area contributed by atoms with Crippen LogP contribution in [-0.4, -0.2) is 34.6 Å². The quantitative estimate of drug-likeness (QED) is 0.374. The molecule has 0 radical (unpaired) electrons. The number of esters is 1. The normalized spacial score (nSPS) is 10.6. The van der Waals surface area contributed by atoms with Crippen LogP contribution in [0.15, 0.2) is 67.0 Å². The van der Waals surface area contributed by atoms with Crippen molar-refractivity contribution in [1.29, 1.82) is 0 Å². The lowest BCUT2D eigenvalue weighted by atomic mass is 10.1. The van der Waals surface area contributed by atoms with Crippen LogP contribution in [0.1, 0.15) is 26.3 Å². The van der Waals surface area contributed by atoms with Gasteiger partial charge in [0, 0.05) is 37.6 Å². The van der Waals surface area contributed by atoms with E-state index in [1.807, 2.05) is 0 Å². The average Bonchev–Trinajstić information content (AvgIpc) is 3.20. The lowest BCUT2D eigenvalue weighted by Crippen LogP contribution is -2.17. The van der Waals surface area contributed by atoms with Gasteiger partial charge in [-0.3, -0.25) is 14.3 Å². The summed E-state index contributed by atoms with van der Waals surface area (Å²) in [7, 11) is 3.29. The summed E-state index contributed by atoms with van der Waals surface area (Å²) in [5.74, 6) is -0.653. The van der Waals surface area contributed by atoms with E-state index in [1.54, 1.807) is 79.6 Å². The van der Waals surface area contributed by atoms with Crippen LogP contribution < -0.4 is 15.4 Å². The molecule has 2 N–H and O–H groups in total. The molecule has 0 aliphatic rings. The molecule has 8 nitrogen and oxygen atoms in total.